The highest BCUT2D eigenvalue weighted by Gasteiger charge is 2.29. The maximum Gasteiger partial charge on any atom is 0.232 e. The van der Waals surface area contributed by atoms with Crippen molar-refractivity contribution in [3.8, 4) is 5.88 Å². The maximum absolute atomic E-state index is 12.2. The summed E-state index contributed by atoms with van der Waals surface area (Å²) in [6, 6.07) is 8.34. The Morgan fingerprint density at radius 2 is 1.97 bits per heavy atom. The van der Waals surface area contributed by atoms with Crippen molar-refractivity contribution in [3.63, 3.8) is 0 Å². The predicted octanol–water partition coefficient (Wildman–Crippen LogP) is 1.33. The van der Waals surface area contributed by atoms with Crippen molar-refractivity contribution in [3.05, 3.63) is 60.0 Å². The second kappa shape index (κ2) is 9.33. The summed E-state index contributed by atoms with van der Waals surface area (Å²) < 4.78 is 27.2. The first-order valence-corrected chi connectivity index (χ1v) is 13.1. The molecule has 2 atom stereocenters. The number of hydrogen-bond acceptors (Lipinski definition) is 10. The van der Waals surface area contributed by atoms with Gasteiger partial charge in [-0.15, -0.1) is 0 Å². The molecule has 0 saturated heterocycles. The summed E-state index contributed by atoms with van der Waals surface area (Å²) >= 11 is 0. The van der Waals surface area contributed by atoms with Gasteiger partial charge in [-0.3, -0.25) is 4.31 Å². The highest BCUT2D eigenvalue weighted by Crippen LogP contribution is 2.38. The van der Waals surface area contributed by atoms with E-state index in [1.165, 1.54) is 0 Å². The molecule has 0 fully saturated rings. The van der Waals surface area contributed by atoms with Crippen molar-refractivity contribution in [2.45, 2.75) is 25.0 Å². The first kappa shape index (κ1) is 23.9. The van der Waals surface area contributed by atoms with Crippen LogP contribution in [0, 0.1) is 0 Å². The van der Waals surface area contributed by atoms with Gasteiger partial charge in [-0.1, -0.05) is 0 Å². The van der Waals surface area contributed by atoms with E-state index >= 15 is 0 Å². The Balaban J connectivity index is 1.40. The number of benzene rings is 1. The molecule has 1 aliphatic rings. The molecule has 0 bridgehead atoms. The van der Waals surface area contributed by atoms with E-state index < -0.39 is 22.7 Å². The van der Waals surface area contributed by atoms with E-state index in [0.717, 1.165) is 33.5 Å². The molecular weight excluding hydrogens is 486 g/mol. The SMILES string of the molecule is CS(=O)(=O)N(CC(O)CO)c1ccc(Nc2ncc3cnn(C4CCc5c4ccnc5O)c3n2)cc1. The molecule has 0 saturated carbocycles. The standard InChI is InChI=1S/C23H25N7O5S/c1-36(34,35)29(12-17(32)13-31)16-4-2-15(3-5-16)27-23-25-10-14-11-26-30(21(14)28-23)20-7-6-19-18(20)8-9-24-22(19)33/h2-5,8-11,17,20,31-32H,6-7,12-13H2,1H3,(H,24,33)(H,25,27,28). The van der Waals surface area contributed by atoms with E-state index in [4.69, 9.17) is 5.11 Å². The van der Waals surface area contributed by atoms with Crippen LogP contribution in [0.1, 0.15) is 23.6 Å². The van der Waals surface area contributed by atoms with Crippen molar-refractivity contribution in [1.82, 2.24) is 24.7 Å². The number of nitrogens with zero attached hydrogens (tertiary/aromatic N) is 6. The fraction of sp³-hybridized carbons (Fsp3) is 0.304. The Hall–Kier alpha value is -3.81. The lowest BCUT2D eigenvalue weighted by atomic mass is 10.1. The van der Waals surface area contributed by atoms with Gasteiger partial charge in [0.15, 0.2) is 5.65 Å². The number of aliphatic hydroxyl groups is 2. The molecule has 36 heavy (non-hydrogen) atoms. The lowest BCUT2D eigenvalue weighted by Gasteiger charge is -2.24. The van der Waals surface area contributed by atoms with Crippen LogP contribution in [0.5, 0.6) is 5.88 Å². The number of fused-ring (bicyclic) bond motifs is 2. The first-order chi connectivity index (χ1) is 17.2. The molecule has 0 amide bonds. The number of nitrogens with one attached hydrogen (secondary N) is 1. The minimum atomic E-state index is -3.66. The Kier molecular flexibility index (Phi) is 6.20. The summed E-state index contributed by atoms with van der Waals surface area (Å²) in [4.78, 5) is 13.0. The molecule has 0 aliphatic heterocycles. The Morgan fingerprint density at radius 1 is 1.19 bits per heavy atom. The third kappa shape index (κ3) is 4.55. The smallest absolute Gasteiger partial charge is 0.232 e. The number of sulfonamides is 1. The van der Waals surface area contributed by atoms with Crippen molar-refractivity contribution in [2.75, 3.05) is 29.0 Å². The molecule has 12 nitrogen and oxygen atoms in total. The average molecular weight is 512 g/mol. The fourth-order valence-corrected chi connectivity index (χ4v) is 5.35. The molecule has 3 heterocycles. The molecule has 4 N–H and O–H groups in total. The summed E-state index contributed by atoms with van der Waals surface area (Å²) in [7, 11) is -3.66. The lowest BCUT2D eigenvalue weighted by molar-refractivity contribution is 0.102. The third-order valence-electron chi connectivity index (χ3n) is 6.12. The van der Waals surface area contributed by atoms with E-state index in [1.54, 1.807) is 42.9 Å². The van der Waals surface area contributed by atoms with Gasteiger partial charge in [0.25, 0.3) is 0 Å². The van der Waals surface area contributed by atoms with Crippen LogP contribution in [0.25, 0.3) is 11.0 Å². The molecule has 2 unspecified atom stereocenters. The number of rotatable bonds is 8. The monoisotopic (exact) mass is 511 g/mol. The predicted molar refractivity (Wildman–Crippen MR) is 133 cm³/mol. The van der Waals surface area contributed by atoms with Gasteiger partial charge in [-0.2, -0.15) is 10.1 Å². The van der Waals surface area contributed by atoms with Crippen LogP contribution in [0.15, 0.2) is 48.9 Å². The van der Waals surface area contributed by atoms with Gasteiger partial charge in [0, 0.05) is 23.6 Å². The molecular formula is C23H25N7O5S. The molecule has 4 aromatic rings. The van der Waals surface area contributed by atoms with E-state index in [-0.39, 0.29) is 18.5 Å². The Morgan fingerprint density at radius 3 is 2.69 bits per heavy atom. The summed E-state index contributed by atoms with van der Waals surface area (Å²) in [6.45, 7) is -0.809. The van der Waals surface area contributed by atoms with Gasteiger partial charge in [0.1, 0.15) is 0 Å². The third-order valence-corrected chi connectivity index (χ3v) is 7.29. The zero-order valence-electron chi connectivity index (χ0n) is 19.4. The first-order valence-electron chi connectivity index (χ1n) is 11.3. The number of anilines is 3. The fourth-order valence-electron chi connectivity index (χ4n) is 4.40. The Bertz CT molecular complexity index is 1510. The van der Waals surface area contributed by atoms with Gasteiger partial charge >= 0.3 is 0 Å². The van der Waals surface area contributed by atoms with Crippen LogP contribution in [-0.2, 0) is 16.4 Å². The van der Waals surface area contributed by atoms with E-state index in [0.29, 0.717) is 29.4 Å². The van der Waals surface area contributed by atoms with E-state index in [9.17, 15) is 18.6 Å². The highest BCUT2D eigenvalue weighted by atomic mass is 32.2. The van der Waals surface area contributed by atoms with E-state index in [1.807, 2.05) is 10.7 Å². The van der Waals surface area contributed by atoms with Crippen LogP contribution in [0.2, 0.25) is 0 Å². The maximum atomic E-state index is 12.2. The van der Waals surface area contributed by atoms with Crippen LogP contribution in [-0.4, -0.2) is 74.0 Å². The highest BCUT2D eigenvalue weighted by molar-refractivity contribution is 7.92. The normalized spacial score (nSPS) is 16.1. The largest absolute Gasteiger partial charge is 0.493 e. The number of hydrogen-bond donors (Lipinski definition) is 4. The van der Waals surface area contributed by atoms with Gasteiger partial charge < -0.3 is 20.6 Å². The zero-order valence-corrected chi connectivity index (χ0v) is 20.2. The van der Waals surface area contributed by atoms with Crippen molar-refractivity contribution >= 4 is 38.4 Å². The second-order valence-corrected chi connectivity index (χ2v) is 10.5. The molecule has 1 aliphatic carbocycles. The molecule has 188 valence electrons. The van der Waals surface area contributed by atoms with Gasteiger partial charge in [-0.05, 0) is 48.7 Å². The van der Waals surface area contributed by atoms with Crippen molar-refractivity contribution in [1.29, 1.82) is 0 Å². The molecule has 0 spiro atoms. The van der Waals surface area contributed by atoms with Crippen molar-refractivity contribution in [2.24, 2.45) is 0 Å². The number of aromatic hydroxyl groups is 1. The van der Waals surface area contributed by atoms with Crippen LogP contribution in [0.3, 0.4) is 0 Å². The van der Waals surface area contributed by atoms with Crippen LogP contribution >= 0.6 is 0 Å². The van der Waals surface area contributed by atoms with Crippen molar-refractivity contribution < 1.29 is 23.7 Å². The van der Waals surface area contributed by atoms with Crippen LogP contribution < -0.4 is 9.62 Å². The molecule has 3 aromatic heterocycles. The quantitative estimate of drug-likeness (QED) is 0.271. The lowest BCUT2D eigenvalue weighted by Crippen LogP contribution is -2.38. The number of aliphatic hydroxyl groups excluding tert-OH is 2. The number of pyridine rings is 1. The molecule has 1 aromatic carbocycles. The summed E-state index contributed by atoms with van der Waals surface area (Å²) in [5.41, 5.74) is 3.41. The van der Waals surface area contributed by atoms with Gasteiger partial charge in [0.2, 0.25) is 21.9 Å². The summed E-state index contributed by atoms with van der Waals surface area (Å²) in [6.07, 6.45) is 6.26. The van der Waals surface area contributed by atoms with Crippen LogP contribution in [0.4, 0.5) is 17.3 Å². The van der Waals surface area contributed by atoms with E-state index in [2.05, 4.69) is 25.4 Å². The second-order valence-electron chi connectivity index (χ2n) is 8.62. The molecule has 0 radical (unpaired) electrons. The van der Waals surface area contributed by atoms with Gasteiger partial charge in [0.05, 0.1) is 48.8 Å². The summed E-state index contributed by atoms with van der Waals surface area (Å²) in [5.74, 6) is 0.385. The molecule has 5 rings (SSSR count). The zero-order chi connectivity index (χ0) is 25.4. The van der Waals surface area contributed by atoms with Gasteiger partial charge in [-0.25, -0.2) is 23.1 Å². The topological polar surface area (TPSA) is 167 Å². The average Bonchev–Trinajstić information content (AvgIpc) is 3.47. The minimum absolute atomic E-state index is 0.0483. The summed E-state index contributed by atoms with van der Waals surface area (Å²) in [5, 5.41) is 37.3. The number of aromatic nitrogens is 5. The minimum Gasteiger partial charge on any atom is -0.493 e. The molecule has 13 heteroatoms. The Labute approximate surface area is 206 Å².